The van der Waals surface area contributed by atoms with Crippen LogP contribution in [0.25, 0.3) is 0 Å². The molecule has 0 aromatic heterocycles. The summed E-state index contributed by atoms with van der Waals surface area (Å²) in [4.78, 5) is 13.9. The Morgan fingerprint density at radius 2 is 1.95 bits per heavy atom. The molecule has 0 saturated heterocycles. The van der Waals surface area contributed by atoms with Gasteiger partial charge in [-0.3, -0.25) is 4.79 Å². The van der Waals surface area contributed by atoms with Gasteiger partial charge in [0.05, 0.1) is 0 Å². The number of methoxy groups -OCH3 is 1. The van der Waals surface area contributed by atoms with E-state index in [1.807, 2.05) is 35.2 Å². The quantitative estimate of drug-likeness (QED) is 0.711. The Kier molecular flexibility index (Phi) is 11.1. The summed E-state index contributed by atoms with van der Waals surface area (Å²) in [5.74, 6) is 0.128. The first-order valence-corrected chi connectivity index (χ1v) is 6.78. The summed E-state index contributed by atoms with van der Waals surface area (Å²) in [6.45, 7) is 2.57. The predicted octanol–water partition coefficient (Wildman–Crippen LogP) is 2.21. The normalized spacial score (nSPS) is 9.90. The minimum absolute atomic E-state index is 0. The van der Waals surface area contributed by atoms with Gasteiger partial charge in [-0.25, -0.2) is 0 Å². The molecule has 1 amide bonds. The molecule has 1 aromatic carbocycles. The zero-order chi connectivity index (χ0) is 13.9. The molecule has 114 valence electrons. The van der Waals surface area contributed by atoms with E-state index >= 15 is 0 Å². The van der Waals surface area contributed by atoms with Crippen molar-refractivity contribution in [3.8, 4) is 0 Å². The van der Waals surface area contributed by atoms with Crippen molar-refractivity contribution in [2.24, 2.45) is 5.73 Å². The zero-order valence-corrected chi connectivity index (χ0v) is 12.9. The highest BCUT2D eigenvalue weighted by atomic mass is 35.5. The van der Waals surface area contributed by atoms with Crippen LogP contribution in [0.1, 0.15) is 24.8 Å². The molecule has 5 heteroatoms. The summed E-state index contributed by atoms with van der Waals surface area (Å²) in [6.07, 6.45) is 2.34. The van der Waals surface area contributed by atoms with Gasteiger partial charge in [-0.05, 0) is 18.4 Å². The smallest absolute Gasteiger partial charge is 0.224 e. The van der Waals surface area contributed by atoms with Crippen LogP contribution in [0.15, 0.2) is 30.3 Å². The monoisotopic (exact) mass is 300 g/mol. The number of carbonyl (C=O) groups is 1. The van der Waals surface area contributed by atoms with Gasteiger partial charge < -0.3 is 15.4 Å². The number of unbranched alkanes of at least 4 members (excludes halogenated alkanes) is 1. The second-order valence-corrected chi connectivity index (χ2v) is 4.54. The van der Waals surface area contributed by atoms with E-state index in [1.54, 1.807) is 7.11 Å². The molecule has 0 unspecified atom stereocenters. The lowest BCUT2D eigenvalue weighted by molar-refractivity contribution is -0.131. The van der Waals surface area contributed by atoms with Gasteiger partial charge in [0.15, 0.2) is 0 Å². The lowest BCUT2D eigenvalue weighted by Crippen LogP contribution is -2.32. The third kappa shape index (κ3) is 7.48. The van der Waals surface area contributed by atoms with Crippen molar-refractivity contribution in [2.75, 3.05) is 26.8 Å². The summed E-state index contributed by atoms with van der Waals surface area (Å²) in [5.41, 5.74) is 6.62. The number of amides is 1. The Bertz CT molecular complexity index is 360. The lowest BCUT2D eigenvalue weighted by atomic mass is 10.2. The summed E-state index contributed by atoms with van der Waals surface area (Å²) in [6, 6.07) is 10.0. The molecule has 0 aliphatic heterocycles. The standard InChI is InChI=1S/C15H24N2O2.ClH/c1-19-12-6-5-11-17(15(18)9-10-16)13-14-7-3-2-4-8-14;/h2-4,7-8H,5-6,9-13,16H2,1H3;1H. The number of nitrogens with two attached hydrogens (primary N) is 1. The van der Waals surface area contributed by atoms with Gasteiger partial charge in [-0.2, -0.15) is 0 Å². The van der Waals surface area contributed by atoms with E-state index in [4.69, 9.17) is 10.5 Å². The summed E-state index contributed by atoms with van der Waals surface area (Å²) >= 11 is 0. The number of rotatable bonds is 9. The zero-order valence-electron chi connectivity index (χ0n) is 12.1. The van der Waals surface area contributed by atoms with Crippen LogP contribution >= 0.6 is 12.4 Å². The van der Waals surface area contributed by atoms with Gasteiger partial charge in [-0.15, -0.1) is 12.4 Å². The van der Waals surface area contributed by atoms with Crippen molar-refractivity contribution >= 4 is 18.3 Å². The van der Waals surface area contributed by atoms with Gasteiger partial charge in [-0.1, -0.05) is 30.3 Å². The Hall–Kier alpha value is -1.10. The topological polar surface area (TPSA) is 55.6 Å². The number of hydrogen-bond acceptors (Lipinski definition) is 3. The molecule has 0 heterocycles. The number of benzene rings is 1. The van der Waals surface area contributed by atoms with Crippen molar-refractivity contribution in [3.05, 3.63) is 35.9 Å². The summed E-state index contributed by atoms with van der Waals surface area (Å²) in [7, 11) is 1.70. The largest absolute Gasteiger partial charge is 0.385 e. The first kappa shape index (κ1) is 18.9. The van der Waals surface area contributed by atoms with E-state index in [2.05, 4.69) is 0 Å². The highest BCUT2D eigenvalue weighted by molar-refractivity contribution is 5.85. The molecule has 0 atom stereocenters. The van der Waals surface area contributed by atoms with Crippen LogP contribution in [0, 0.1) is 0 Å². The summed E-state index contributed by atoms with van der Waals surface area (Å²) in [5, 5.41) is 0. The van der Waals surface area contributed by atoms with E-state index in [-0.39, 0.29) is 18.3 Å². The molecular formula is C15H25ClN2O2. The van der Waals surface area contributed by atoms with Crippen LogP contribution in [0.4, 0.5) is 0 Å². The lowest BCUT2D eigenvalue weighted by Gasteiger charge is -2.22. The molecule has 0 aliphatic carbocycles. The molecule has 0 fully saturated rings. The number of carbonyl (C=O) groups excluding carboxylic acids is 1. The van der Waals surface area contributed by atoms with Crippen molar-refractivity contribution in [2.45, 2.75) is 25.8 Å². The molecule has 0 aliphatic rings. The predicted molar refractivity (Wildman–Crippen MR) is 83.9 cm³/mol. The maximum absolute atomic E-state index is 12.0. The van der Waals surface area contributed by atoms with E-state index < -0.39 is 0 Å². The Morgan fingerprint density at radius 3 is 2.55 bits per heavy atom. The minimum Gasteiger partial charge on any atom is -0.385 e. The highest BCUT2D eigenvalue weighted by Gasteiger charge is 2.12. The van der Waals surface area contributed by atoms with Crippen molar-refractivity contribution in [3.63, 3.8) is 0 Å². The Morgan fingerprint density at radius 1 is 1.25 bits per heavy atom. The van der Waals surface area contributed by atoms with Gasteiger partial charge in [0, 0.05) is 39.8 Å². The van der Waals surface area contributed by atoms with Gasteiger partial charge in [0.25, 0.3) is 0 Å². The third-order valence-corrected chi connectivity index (χ3v) is 2.95. The van der Waals surface area contributed by atoms with Crippen molar-refractivity contribution in [1.29, 1.82) is 0 Å². The van der Waals surface area contributed by atoms with E-state index in [0.29, 0.717) is 19.5 Å². The van der Waals surface area contributed by atoms with Crippen molar-refractivity contribution in [1.82, 2.24) is 4.90 Å². The molecule has 1 rings (SSSR count). The van der Waals surface area contributed by atoms with Crippen molar-refractivity contribution < 1.29 is 9.53 Å². The highest BCUT2D eigenvalue weighted by Crippen LogP contribution is 2.07. The Balaban J connectivity index is 0.00000361. The van der Waals surface area contributed by atoms with Crippen LogP contribution in [0.5, 0.6) is 0 Å². The molecule has 4 nitrogen and oxygen atoms in total. The molecular weight excluding hydrogens is 276 g/mol. The maximum Gasteiger partial charge on any atom is 0.224 e. The molecule has 1 aromatic rings. The summed E-state index contributed by atoms with van der Waals surface area (Å²) < 4.78 is 5.03. The fourth-order valence-electron chi connectivity index (χ4n) is 1.93. The number of halogens is 1. The SMILES string of the molecule is COCCCCN(Cc1ccccc1)C(=O)CCN.Cl. The van der Waals surface area contributed by atoms with Gasteiger partial charge in [0.2, 0.25) is 5.91 Å². The van der Waals surface area contributed by atoms with Crippen LogP contribution in [-0.2, 0) is 16.1 Å². The fraction of sp³-hybridized carbons (Fsp3) is 0.533. The average molecular weight is 301 g/mol. The first-order chi connectivity index (χ1) is 9.27. The molecule has 0 saturated carbocycles. The molecule has 20 heavy (non-hydrogen) atoms. The molecule has 0 spiro atoms. The van der Waals surface area contributed by atoms with E-state index in [1.165, 1.54) is 0 Å². The Labute approximate surface area is 127 Å². The second-order valence-electron chi connectivity index (χ2n) is 4.54. The molecule has 0 radical (unpaired) electrons. The minimum atomic E-state index is 0. The van der Waals surface area contributed by atoms with Crippen LogP contribution < -0.4 is 5.73 Å². The third-order valence-electron chi connectivity index (χ3n) is 2.95. The van der Waals surface area contributed by atoms with E-state index in [0.717, 1.165) is 31.6 Å². The number of nitrogens with zero attached hydrogens (tertiary/aromatic N) is 1. The second kappa shape index (κ2) is 11.7. The fourth-order valence-corrected chi connectivity index (χ4v) is 1.93. The molecule has 0 bridgehead atoms. The van der Waals surface area contributed by atoms with Gasteiger partial charge >= 0.3 is 0 Å². The number of hydrogen-bond donors (Lipinski definition) is 1. The van der Waals surface area contributed by atoms with Crippen LogP contribution in [0.3, 0.4) is 0 Å². The van der Waals surface area contributed by atoms with Gasteiger partial charge in [0.1, 0.15) is 0 Å². The van der Waals surface area contributed by atoms with Crippen LogP contribution in [-0.4, -0.2) is 37.6 Å². The first-order valence-electron chi connectivity index (χ1n) is 6.78. The number of ether oxygens (including phenoxy) is 1. The van der Waals surface area contributed by atoms with E-state index in [9.17, 15) is 4.79 Å². The average Bonchev–Trinajstić information content (AvgIpc) is 2.43. The van der Waals surface area contributed by atoms with Crippen LogP contribution in [0.2, 0.25) is 0 Å². The maximum atomic E-state index is 12.0. The molecule has 2 N–H and O–H groups in total.